The summed E-state index contributed by atoms with van der Waals surface area (Å²) < 4.78 is 130. The molecule has 0 atom stereocenters. The standard InChI is InChI=1S/C25H28F2N2O5.2C19H19F2N3O3.C4H8O.CH2Cl2.ClH/c1-24(2,3)34-19(30)7-6-15-10-16-14(12-28-15)13-29(23(31)25(16)8-9-25)22-20(26)17(32-4)11-18(33-5)21(22)27;2*1-26-13-6-14(27-2)16(21)17(15(13)20)24-9-10-8-23-11(7-22)5-12(10)19(3-4-19)18(24)25;1-2-4-5-3-1;2-1-3;/h10-12H,6-9,13H2,1-5H3;2*5-6,8H,3-4,7,9,22H2,1-2H3;1-4H2;1H2;1H. The number of pyridine rings is 3. The maximum atomic E-state index is 15.1. The Hall–Kier alpha value is -7.88. The highest BCUT2D eigenvalue weighted by Crippen LogP contribution is 2.58. The molecule has 13 rings (SSSR count). The zero-order valence-corrected chi connectivity index (χ0v) is 57.4. The van der Waals surface area contributed by atoms with E-state index in [1.807, 2.05) is 18.2 Å². The molecule has 3 spiro atoms. The maximum Gasteiger partial charge on any atom is 0.306 e. The van der Waals surface area contributed by atoms with E-state index < -0.39 is 73.8 Å². The fourth-order valence-corrected chi connectivity index (χ4v) is 12.3. The van der Waals surface area contributed by atoms with E-state index in [0.717, 1.165) is 73.9 Å². The van der Waals surface area contributed by atoms with Gasteiger partial charge < -0.3 is 64.1 Å². The van der Waals surface area contributed by atoms with Crippen molar-refractivity contribution in [1.82, 2.24) is 15.0 Å². The molecule has 4 N–H and O–H groups in total. The molecule has 3 aromatic heterocycles. The number of anilines is 3. The van der Waals surface area contributed by atoms with Crippen LogP contribution in [0.4, 0.5) is 43.4 Å². The average molecular weight is 1420 g/mol. The molecule has 3 saturated carbocycles. The summed E-state index contributed by atoms with van der Waals surface area (Å²) in [6.07, 6.45) is 11.6. The van der Waals surface area contributed by atoms with Gasteiger partial charge in [-0.3, -0.25) is 34.1 Å². The van der Waals surface area contributed by atoms with Crippen LogP contribution in [-0.2, 0) is 84.0 Å². The molecule has 20 nitrogen and oxygen atoms in total. The number of methoxy groups -OCH3 is 6. The Bertz CT molecular complexity index is 3700. The molecule has 524 valence electrons. The summed E-state index contributed by atoms with van der Waals surface area (Å²) >= 11 is 9.53. The number of hydrogen-bond donors (Lipinski definition) is 2. The van der Waals surface area contributed by atoms with Crippen LogP contribution in [0.1, 0.15) is 129 Å². The Morgan fingerprint density at radius 3 is 1.00 bits per heavy atom. The second-order valence-corrected chi connectivity index (χ2v) is 25.4. The molecule has 7 heterocycles. The Balaban J connectivity index is 0.000000176. The van der Waals surface area contributed by atoms with Crippen LogP contribution in [0.3, 0.4) is 0 Å². The maximum absolute atomic E-state index is 15.1. The van der Waals surface area contributed by atoms with Gasteiger partial charge in [-0.15, -0.1) is 35.6 Å². The molecule has 1 saturated heterocycles. The average Bonchev–Trinajstić information content (AvgIpc) is 1.62. The SMILES string of the molecule is C1CCOC1.COc1cc(OC)c(F)c(N2Cc3cnc(CCC(=O)OC(C)(C)C)cc3C3(CC3)C2=O)c1F.COc1cc(OC)c(F)c(N2Cc3cnc(CN)cc3C3(CC3)C2=O)c1F.COc1cc(OC)c(F)c(N2Cc3cnc(CN)cc3C3(CC3)C2=O)c1F.Cl.ClCCl. The van der Waals surface area contributed by atoms with E-state index in [2.05, 4.69) is 15.0 Å². The third kappa shape index (κ3) is 14.9. The van der Waals surface area contributed by atoms with Gasteiger partial charge in [0.15, 0.2) is 69.4 Å². The number of amides is 3. The van der Waals surface area contributed by atoms with Crippen LogP contribution in [-0.4, -0.2) is 105 Å². The Morgan fingerprint density at radius 2 is 0.773 bits per heavy atom. The summed E-state index contributed by atoms with van der Waals surface area (Å²) in [4.78, 5) is 68.4. The molecule has 0 bridgehead atoms. The Morgan fingerprint density at radius 1 is 0.505 bits per heavy atom. The van der Waals surface area contributed by atoms with Gasteiger partial charge in [0, 0.05) is 75.2 Å². The van der Waals surface area contributed by atoms with Crippen molar-refractivity contribution in [2.24, 2.45) is 11.5 Å². The van der Waals surface area contributed by atoms with Crippen LogP contribution in [0.15, 0.2) is 55.0 Å². The van der Waals surface area contributed by atoms with Crippen molar-refractivity contribution in [2.45, 2.75) is 140 Å². The molecule has 4 aliphatic heterocycles. The normalized spacial score (nSPS) is 16.6. The number of fused-ring (bicyclic) bond motifs is 6. The molecule has 3 amide bonds. The number of aryl methyl sites for hydroxylation is 1. The van der Waals surface area contributed by atoms with Gasteiger partial charge in [-0.2, -0.15) is 0 Å². The van der Waals surface area contributed by atoms with Crippen LogP contribution >= 0.6 is 35.6 Å². The molecule has 29 heteroatoms. The molecule has 7 aliphatic rings. The van der Waals surface area contributed by atoms with Gasteiger partial charge in [0.1, 0.15) is 22.7 Å². The van der Waals surface area contributed by atoms with Crippen LogP contribution in [0.25, 0.3) is 0 Å². The first-order chi connectivity index (χ1) is 45.8. The minimum absolute atomic E-state index is 0. The monoisotopic (exact) mass is 1420 g/mol. The lowest BCUT2D eigenvalue weighted by atomic mass is 9.86. The lowest BCUT2D eigenvalue weighted by Gasteiger charge is -2.35. The van der Waals surface area contributed by atoms with Gasteiger partial charge in [0.25, 0.3) is 0 Å². The lowest BCUT2D eigenvalue weighted by molar-refractivity contribution is -0.154. The fourth-order valence-electron chi connectivity index (χ4n) is 12.3. The van der Waals surface area contributed by atoms with Crippen LogP contribution in [0, 0.1) is 34.9 Å². The Kier molecular flexibility index (Phi) is 23.9. The second kappa shape index (κ2) is 30.9. The van der Waals surface area contributed by atoms with Gasteiger partial charge in [-0.05, 0) is 124 Å². The minimum Gasteiger partial charge on any atom is -0.493 e. The third-order valence-electron chi connectivity index (χ3n) is 17.6. The quantitative estimate of drug-likeness (QED) is 0.0585. The smallest absolute Gasteiger partial charge is 0.306 e. The third-order valence-corrected chi connectivity index (χ3v) is 17.6. The summed E-state index contributed by atoms with van der Waals surface area (Å²) in [5.74, 6) is -8.24. The van der Waals surface area contributed by atoms with E-state index in [1.54, 1.807) is 39.4 Å². The summed E-state index contributed by atoms with van der Waals surface area (Å²) in [7, 11) is 7.61. The number of nitrogens with two attached hydrogens (primary N) is 2. The molecular weight excluding hydrogens is 1340 g/mol. The second-order valence-electron chi connectivity index (χ2n) is 24.6. The van der Waals surface area contributed by atoms with Crippen molar-refractivity contribution in [3.05, 3.63) is 140 Å². The van der Waals surface area contributed by atoms with Crippen LogP contribution in [0.2, 0.25) is 0 Å². The molecule has 3 aliphatic carbocycles. The largest absolute Gasteiger partial charge is 0.493 e. The summed E-state index contributed by atoms with van der Waals surface area (Å²) in [6, 6.07) is 8.85. The minimum atomic E-state index is -0.963. The van der Waals surface area contributed by atoms with Gasteiger partial charge in [-0.1, -0.05) is 0 Å². The van der Waals surface area contributed by atoms with Gasteiger partial charge in [0.2, 0.25) is 17.7 Å². The number of nitrogens with zero attached hydrogens (tertiary/aromatic N) is 6. The predicted molar refractivity (Wildman–Crippen MR) is 351 cm³/mol. The van der Waals surface area contributed by atoms with E-state index >= 15 is 8.78 Å². The summed E-state index contributed by atoms with van der Waals surface area (Å²) in [6.45, 7) is 7.92. The van der Waals surface area contributed by atoms with Crippen molar-refractivity contribution in [3.8, 4) is 34.5 Å². The number of ether oxygens (including phenoxy) is 8. The number of alkyl halides is 2. The molecule has 6 aromatic rings. The molecule has 3 aromatic carbocycles. The van der Waals surface area contributed by atoms with Crippen LogP contribution < -0.4 is 54.6 Å². The molecule has 0 radical (unpaired) electrons. The molecule has 97 heavy (non-hydrogen) atoms. The molecule has 0 unspecified atom stereocenters. The zero-order chi connectivity index (χ0) is 69.8. The topological polar surface area (TPSA) is 243 Å². The molecular formula is C68H77Cl3F6N8O12. The highest BCUT2D eigenvalue weighted by atomic mass is 35.5. The first-order valence-corrected chi connectivity index (χ1v) is 31.9. The van der Waals surface area contributed by atoms with E-state index in [0.29, 0.717) is 67.6 Å². The van der Waals surface area contributed by atoms with Crippen molar-refractivity contribution in [3.63, 3.8) is 0 Å². The summed E-state index contributed by atoms with van der Waals surface area (Å²) in [5, 5.41) is 0.194. The van der Waals surface area contributed by atoms with Crippen molar-refractivity contribution < 1.29 is 83.4 Å². The highest BCUT2D eigenvalue weighted by molar-refractivity contribution is 6.40. The van der Waals surface area contributed by atoms with Crippen molar-refractivity contribution in [2.75, 3.05) is 75.9 Å². The first kappa shape index (κ1) is 74.9. The number of aromatic nitrogens is 3. The number of rotatable bonds is 14. The predicted octanol–water partition coefficient (Wildman–Crippen LogP) is 11.7. The van der Waals surface area contributed by atoms with Gasteiger partial charge in [-0.25, -0.2) is 26.3 Å². The van der Waals surface area contributed by atoms with Crippen molar-refractivity contribution in [1.29, 1.82) is 0 Å². The van der Waals surface area contributed by atoms with Gasteiger partial charge >= 0.3 is 5.97 Å². The number of benzene rings is 3. The Labute approximate surface area is 573 Å². The van der Waals surface area contributed by atoms with E-state index in [-0.39, 0.29) is 115 Å². The van der Waals surface area contributed by atoms with Crippen molar-refractivity contribution >= 4 is 76.4 Å². The van der Waals surface area contributed by atoms with Gasteiger partial charge in [0.05, 0.1) is 102 Å². The summed E-state index contributed by atoms with van der Waals surface area (Å²) in [5.41, 5.74) is 13.7. The first-order valence-electron chi connectivity index (χ1n) is 30.9. The number of halogens is 9. The van der Waals surface area contributed by atoms with E-state index in [9.17, 15) is 36.7 Å². The lowest BCUT2D eigenvalue weighted by Crippen LogP contribution is -2.45. The van der Waals surface area contributed by atoms with E-state index in [1.165, 1.54) is 55.5 Å². The molecule has 4 fully saturated rings. The number of carbonyl (C=O) groups excluding carboxylic acids is 4. The number of hydrogen-bond acceptors (Lipinski definition) is 17. The number of carbonyl (C=O) groups is 4. The highest BCUT2D eigenvalue weighted by Gasteiger charge is 2.60. The number of esters is 1. The fraction of sp³-hybridized carbons (Fsp3) is 0.456. The van der Waals surface area contributed by atoms with E-state index in [4.69, 9.17) is 72.6 Å². The zero-order valence-electron chi connectivity index (χ0n) is 55.1. The van der Waals surface area contributed by atoms with Crippen LogP contribution in [0.5, 0.6) is 34.5 Å².